The Morgan fingerprint density at radius 1 is 1.06 bits per heavy atom. The van der Waals surface area contributed by atoms with Gasteiger partial charge in [-0.25, -0.2) is 4.98 Å². The summed E-state index contributed by atoms with van der Waals surface area (Å²) in [6.45, 7) is 10.9. The number of aromatic nitrogens is 2. The van der Waals surface area contributed by atoms with Crippen molar-refractivity contribution in [1.82, 2.24) is 19.8 Å². The van der Waals surface area contributed by atoms with Crippen molar-refractivity contribution in [2.75, 3.05) is 19.6 Å². The fourth-order valence-electron chi connectivity index (χ4n) is 3.83. The highest BCUT2D eigenvalue weighted by Gasteiger charge is 2.20. The van der Waals surface area contributed by atoms with Crippen LogP contribution in [0.2, 0.25) is 0 Å². The Morgan fingerprint density at radius 2 is 1.78 bits per heavy atom. The maximum absolute atomic E-state index is 13.2. The maximum Gasteiger partial charge on any atom is 0.261 e. The van der Waals surface area contributed by atoms with Gasteiger partial charge in [0, 0.05) is 26.1 Å². The lowest BCUT2D eigenvalue weighted by Crippen LogP contribution is -2.39. The van der Waals surface area contributed by atoms with Gasteiger partial charge in [-0.1, -0.05) is 45.9 Å². The molecule has 0 bridgehead atoms. The van der Waals surface area contributed by atoms with Crippen molar-refractivity contribution in [2.45, 2.75) is 47.1 Å². The van der Waals surface area contributed by atoms with E-state index in [9.17, 15) is 9.59 Å². The lowest BCUT2D eigenvalue weighted by molar-refractivity contribution is -0.132. The molecular weight excluding hydrogens is 420 g/mol. The van der Waals surface area contributed by atoms with Crippen LogP contribution in [0, 0.1) is 11.8 Å². The molecule has 0 saturated heterocycles. The number of carbonyl (C=O) groups excluding carboxylic acids is 2. The Hall–Kier alpha value is -2.67. The van der Waals surface area contributed by atoms with Crippen molar-refractivity contribution >= 4 is 34.2 Å². The SMILES string of the molecule is CC(C)CN(CC(C)C)C(=O)Cn1c(CCCNC(=O)c2cccs2)nc2ccccc21. The molecule has 6 nitrogen and oxygen atoms in total. The standard InChI is InChI=1S/C25H34N4O2S/c1-18(2)15-28(16-19(3)4)24(30)17-29-21-10-6-5-9-20(21)27-23(29)12-7-13-26-25(31)22-11-8-14-32-22/h5-6,8-11,14,18-19H,7,12-13,15-17H2,1-4H3,(H,26,31). The summed E-state index contributed by atoms with van der Waals surface area (Å²) in [5.74, 6) is 1.82. The van der Waals surface area contributed by atoms with Crippen molar-refractivity contribution in [2.24, 2.45) is 11.8 Å². The normalized spacial score (nSPS) is 11.4. The highest BCUT2D eigenvalue weighted by atomic mass is 32.1. The molecule has 1 N–H and O–H groups in total. The molecule has 0 saturated carbocycles. The van der Waals surface area contributed by atoms with Crippen LogP contribution < -0.4 is 5.32 Å². The van der Waals surface area contributed by atoms with E-state index in [-0.39, 0.29) is 18.4 Å². The third kappa shape index (κ3) is 6.42. The molecule has 0 unspecified atom stereocenters. The average Bonchev–Trinajstić information content (AvgIpc) is 3.39. The Labute approximate surface area is 194 Å². The largest absolute Gasteiger partial charge is 0.351 e. The third-order valence-corrected chi connectivity index (χ3v) is 6.03. The number of nitrogens with one attached hydrogen (secondary N) is 1. The molecule has 1 aromatic carbocycles. The van der Waals surface area contributed by atoms with Crippen LogP contribution in [0.4, 0.5) is 0 Å². The van der Waals surface area contributed by atoms with Gasteiger partial charge in [-0.3, -0.25) is 9.59 Å². The number of benzene rings is 1. The number of rotatable bonds is 11. The zero-order valence-corrected chi connectivity index (χ0v) is 20.3. The van der Waals surface area contributed by atoms with Crippen molar-refractivity contribution in [3.63, 3.8) is 0 Å². The van der Waals surface area contributed by atoms with E-state index < -0.39 is 0 Å². The number of hydrogen-bond donors (Lipinski definition) is 1. The van der Waals surface area contributed by atoms with E-state index in [1.807, 2.05) is 51.2 Å². The minimum absolute atomic E-state index is 0.0401. The summed E-state index contributed by atoms with van der Waals surface area (Å²) in [7, 11) is 0. The van der Waals surface area contributed by atoms with Crippen LogP contribution in [-0.2, 0) is 17.8 Å². The van der Waals surface area contributed by atoms with Gasteiger partial charge in [0.25, 0.3) is 5.91 Å². The first kappa shape index (κ1) is 24.0. The van der Waals surface area contributed by atoms with E-state index in [1.54, 1.807) is 0 Å². The second-order valence-corrected chi connectivity index (χ2v) is 9.97. The minimum Gasteiger partial charge on any atom is -0.351 e. The average molecular weight is 455 g/mol. The van der Waals surface area contributed by atoms with Gasteiger partial charge in [-0.2, -0.15) is 0 Å². The summed E-state index contributed by atoms with van der Waals surface area (Å²) in [6.07, 6.45) is 1.46. The maximum atomic E-state index is 13.2. The van der Waals surface area contributed by atoms with Crippen LogP contribution in [0.3, 0.4) is 0 Å². The van der Waals surface area contributed by atoms with Crippen molar-refractivity contribution in [3.05, 3.63) is 52.5 Å². The van der Waals surface area contributed by atoms with Gasteiger partial charge in [-0.15, -0.1) is 11.3 Å². The Morgan fingerprint density at radius 3 is 2.44 bits per heavy atom. The van der Waals surface area contributed by atoms with Crippen molar-refractivity contribution < 1.29 is 9.59 Å². The van der Waals surface area contributed by atoms with Crippen LogP contribution in [0.25, 0.3) is 11.0 Å². The zero-order valence-electron chi connectivity index (χ0n) is 19.5. The molecule has 0 fully saturated rings. The number of hydrogen-bond acceptors (Lipinski definition) is 4. The van der Waals surface area contributed by atoms with Crippen LogP contribution in [0.1, 0.15) is 49.6 Å². The van der Waals surface area contributed by atoms with Gasteiger partial charge in [-0.05, 0) is 41.8 Å². The number of aryl methyl sites for hydroxylation is 1. The fourth-order valence-corrected chi connectivity index (χ4v) is 4.47. The molecule has 0 atom stereocenters. The minimum atomic E-state index is -0.0401. The molecule has 172 valence electrons. The number of nitrogens with zero attached hydrogens (tertiary/aromatic N) is 3. The Kier molecular flexibility index (Phi) is 8.45. The summed E-state index contributed by atoms with van der Waals surface area (Å²) in [5.41, 5.74) is 1.88. The molecule has 7 heteroatoms. The molecule has 3 rings (SSSR count). The molecule has 3 aromatic rings. The van der Waals surface area contributed by atoms with E-state index in [1.165, 1.54) is 11.3 Å². The van der Waals surface area contributed by atoms with Crippen molar-refractivity contribution in [3.8, 4) is 0 Å². The van der Waals surface area contributed by atoms with Gasteiger partial charge in [0.15, 0.2) is 0 Å². The molecule has 32 heavy (non-hydrogen) atoms. The number of carbonyl (C=O) groups is 2. The number of amides is 2. The van der Waals surface area contributed by atoms with Crippen molar-refractivity contribution in [1.29, 1.82) is 0 Å². The first-order valence-electron chi connectivity index (χ1n) is 11.4. The third-order valence-electron chi connectivity index (χ3n) is 5.16. The van der Waals surface area contributed by atoms with E-state index in [2.05, 4.69) is 33.0 Å². The summed E-state index contributed by atoms with van der Waals surface area (Å²) in [5, 5.41) is 4.87. The first-order chi connectivity index (χ1) is 15.3. The quantitative estimate of drug-likeness (QED) is 0.431. The smallest absolute Gasteiger partial charge is 0.261 e. The van der Waals surface area contributed by atoms with Crippen LogP contribution in [0.5, 0.6) is 0 Å². The lowest BCUT2D eigenvalue weighted by atomic mass is 10.1. The highest BCUT2D eigenvalue weighted by molar-refractivity contribution is 7.12. The molecule has 0 aliphatic carbocycles. The second-order valence-electron chi connectivity index (χ2n) is 9.03. The van der Waals surface area contributed by atoms with Crippen LogP contribution in [-0.4, -0.2) is 45.9 Å². The molecule has 2 heterocycles. The van der Waals surface area contributed by atoms with E-state index >= 15 is 0 Å². The number of fused-ring (bicyclic) bond motifs is 1. The number of para-hydroxylation sites is 2. The molecule has 0 aliphatic rings. The summed E-state index contributed by atoms with van der Waals surface area (Å²) in [4.78, 5) is 32.9. The monoisotopic (exact) mass is 454 g/mol. The predicted molar refractivity (Wildman–Crippen MR) is 131 cm³/mol. The van der Waals surface area contributed by atoms with E-state index in [4.69, 9.17) is 4.98 Å². The fraction of sp³-hybridized carbons (Fsp3) is 0.480. The predicted octanol–water partition coefficient (Wildman–Crippen LogP) is 4.60. The van der Waals surface area contributed by atoms with Gasteiger partial charge in [0.1, 0.15) is 12.4 Å². The topological polar surface area (TPSA) is 67.2 Å². The highest BCUT2D eigenvalue weighted by Crippen LogP contribution is 2.18. The van der Waals surface area contributed by atoms with Gasteiger partial charge >= 0.3 is 0 Å². The number of imidazole rings is 1. The Balaban J connectivity index is 1.70. The molecule has 0 spiro atoms. The molecule has 0 radical (unpaired) electrons. The Bertz CT molecular complexity index is 1010. The van der Waals surface area contributed by atoms with Gasteiger partial charge < -0.3 is 14.8 Å². The molecule has 0 aliphatic heterocycles. The first-order valence-corrected chi connectivity index (χ1v) is 12.3. The summed E-state index contributed by atoms with van der Waals surface area (Å²) < 4.78 is 2.05. The number of thiophene rings is 1. The van der Waals surface area contributed by atoms with Crippen LogP contribution >= 0.6 is 11.3 Å². The molecular formula is C25H34N4O2S. The zero-order chi connectivity index (χ0) is 23.1. The molecule has 2 amide bonds. The van der Waals surface area contributed by atoms with Gasteiger partial charge in [0.05, 0.1) is 15.9 Å². The van der Waals surface area contributed by atoms with Crippen LogP contribution in [0.15, 0.2) is 41.8 Å². The molecule has 2 aromatic heterocycles. The summed E-state index contributed by atoms with van der Waals surface area (Å²) in [6, 6.07) is 11.7. The summed E-state index contributed by atoms with van der Waals surface area (Å²) >= 11 is 1.44. The van der Waals surface area contributed by atoms with E-state index in [0.29, 0.717) is 24.8 Å². The van der Waals surface area contributed by atoms with E-state index in [0.717, 1.165) is 41.2 Å². The lowest BCUT2D eigenvalue weighted by Gasteiger charge is -2.27. The van der Waals surface area contributed by atoms with Gasteiger partial charge in [0.2, 0.25) is 5.91 Å². The second kappa shape index (κ2) is 11.3.